The van der Waals surface area contributed by atoms with Crippen molar-refractivity contribution in [3.63, 3.8) is 0 Å². The van der Waals surface area contributed by atoms with Gasteiger partial charge in [-0.05, 0) is 31.2 Å². The highest BCUT2D eigenvalue weighted by molar-refractivity contribution is 7.92. The first-order chi connectivity index (χ1) is 11.4. The van der Waals surface area contributed by atoms with E-state index in [9.17, 15) is 8.42 Å². The predicted octanol–water partition coefficient (Wildman–Crippen LogP) is 3.86. The van der Waals surface area contributed by atoms with Crippen LogP contribution in [-0.2, 0) is 10.0 Å². The lowest BCUT2D eigenvalue weighted by molar-refractivity contribution is 0.405. The maximum atomic E-state index is 11.6. The lowest BCUT2D eigenvalue weighted by Crippen LogP contribution is -2.14. The molecule has 0 aliphatic heterocycles. The fraction of sp³-hybridized carbons (Fsp3) is 0.250. The normalized spacial score (nSPS) is 11.0. The van der Waals surface area contributed by atoms with Gasteiger partial charge in [-0.3, -0.25) is 4.72 Å². The lowest BCUT2D eigenvalue weighted by atomic mass is 10.2. The van der Waals surface area contributed by atoms with Crippen LogP contribution >= 0.6 is 11.6 Å². The third-order valence-electron chi connectivity index (χ3n) is 3.29. The van der Waals surface area contributed by atoms with Crippen LogP contribution in [0.1, 0.15) is 6.92 Å². The number of hydrogen-bond donors (Lipinski definition) is 2. The van der Waals surface area contributed by atoms with Crippen molar-refractivity contribution in [3.05, 3.63) is 41.4 Å². The summed E-state index contributed by atoms with van der Waals surface area (Å²) in [6.07, 6.45) is 0. The lowest BCUT2D eigenvalue weighted by Gasteiger charge is -2.14. The molecule has 0 heterocycles. The van der Waals surface area contributed by atoms with Crippen LogP contribution in [0, 0.1) is 0 Å². The van der Waals surface area contributed by atoms with Gasteiger partial charge in [0.25, 0.3) is 0 Å². The molecule has 0 saturated carbocycles. The fourth-order valence-electron chi connectivity index (χ4n) is 1.99. The van der Waals surface area contributed by atoms with E-state index in [0.717, 1.165) is 5.69 Å². The molecule has 0 aliphatic rings. The molecule has 0 saturated heterocycles. The topological polar surface area (TPSA) is 76.7 Å². The Morgan fingerprint density at radius 2 is 1.58 bits per heavy atom. The molecule has 2 N–H and O–H groups in total. The molecular formula is C16H19ClN2O4S. The average molecular weight is 371 g/mol. The van der Waals surface area contributed by atoms with Gasteiger partial charge in [-0.2, -0.15) is 0 Å². The molecule has 0 unspecified atom stereocenters. The Labute approximate surface area is 146 Å². The Kier molecular flexibility index (Phi) is 5.80. The smallest absolute Gasteiger partial charge is 0.232 e. The molecule has 2 aromatic rings. The van der Waals surface area contributed by atoms with E-state index in [-0.39, 0.29) is 5.75 Å². The number of rotatable bonds is 7. The number of methoxy groups -OCH3 is 2. The van der Waals surface area contributed by atoms with Crippen molar-refractivity contribution in [2.45, 2.75) is 6.92 Å². The summed E-state index contributed by atoms with van der Waals surface area (Å²) in [7, 11) is -0.209. The number of nitrogens with one attached hydrogen (secondary N) is 2. The van der Waals surface area contributed by atoms with Crippen LogP contribution in [-0.4, -0.2) is 28.4 Å². The number of ether oxygens (including phenoxy) is 2. The first kappa shape index (κ1) is 18.2. The largest absolute Gasteiger partial charge is 0.495 e. The van der Waals surface area contributed by atoms with Crippen LogP contribution in [0.2, 0.25) is 5.02 Å². The molecule has 0 atom stereocenters. The quantitative estimate of drug-likeness (QED) is 0.773. The van der Waals surface area contributed by atoms with Crippen LogP contribution in [0.25, 0.3) is 0 Å². The molecular weight excluding hydrogens is 352 g/mol. The molecule has 0 amide bonds. The molecule has 130 valence electrons. The molecule has 8 heteroatoms. The third-order valence-corrected chi connectivity index (χ3v) is 4.89. The maximum absolute atomic E-state index is 11.6. The molecule has 24 heavy (non-hydrogen) atoms. The maximum Gasteiger partial charge on any atom is 0.232 e. The first-order valence-corrected chi connectivity index (χ1v) is 9.20. The molecule has 0 bridgehead atoms. The van der Waals surface area contributed by atoms with Gasteiger partial charge in [-0.25, -0.2) is 8.42 Å². The van der Waals surface area contributed by atoms with Crippen molar-refractivity contribution < 1.29 is 17.9 Å². The van der Waals surface area contributed by atoms with Crippen molar-refractivity contribution >= 4 is 38.7 Å². The SMILES string of the molecule is CCS(=O)(=O)Nc1ccc(Nc2cc(OC)c(Cl)cc2OC)cc1. The number of anilines is 3. The Bertz CT molecular complexity index is 808. The first-order valence-electron chi connectivity index (χ1n) is 7.17. The van der Waals surface area contributed by atoms with Gasteiger partial charge in [0.05, 0.1) is 30.7 Å². The van der Waals surface area contributed by atoms with Gasteiger partial charge in [0.15, 0.2) is 0 Å². The summed E-state index contributed by atoms with van der Waals surface area (Å²) in [5, 5.41) is 3.64. The molecule has 2 rings (SSSR count). The molecule has 2 aromatic carbocycles. The van der Waals surface area contributed by atoms with Gasteiger partial charge in [0.1, 0.15) is 11.5 Å². The van der Waals surface area contributed by atoms with Crippen LogP contribution in [0.4, 0.5) is 17.1 Å². The minimum atomic E-state index is -3.29. The molecule has 0 aliphatic carbocycles. The minimum absolute atomic E-state index is 0.0226. The summed E-state index contributed by atoms with van der Waals surface area (Å²) >= 11 is 6.08. The van der Waals surface area contributed by atoms with Crippen molar-refractivity contribution in [1.82, 2.24) is 0 Å². The summed E-state index contributed by atoms with van der Waals surface area (Å²) in [5.41, 5.74) is 1.95. The van der Waals surface area contributed by atoms with Crippen LogP contribution in [0.5, 0.6) is 11.5 Å². The Balaban J connectivity index is 2.22. The standard InChI is InChI=1S/C16H19ClN2O4S/c1-4-24(20,21)19-12-7-5-11(6-8-12)18-14-10-15(22-2)13(17)9-16(14)23-3/h5-10,18-19H,4H2,1-3H3. The summed E-state index contributed by atoms with van der Waals surface area (Å²) in [4.78, 5) is 0. The summed E-state index contributed by atoms with van der Waals surface area (Å²) in [5.74, 6) is 1.11. The summed E-state index contributed by atoms with van der Waals surface area (Å²) < 4.78 is 36.1. The fourth-order valence-corrected chi connectivity index (χ4v) is 2.86. The predicted molar refractivity (Wildman–Crippen MR) is 97.4 cm³/mol. The highest BCUT2D eigenvalue weighted by atomic mass is 35.5. The van der Waals surface area contributed by atoms with Gasteiger partial charge in [-0.1, -0.05) is 11.6 Å². The van der Waals surface area contributed by atoms with E-state index < -0.39 is 10.0 Å². The van der Waals surface area contributed by atoms with E-state index >= 15 is 0 Å². The van der Waals surface area contributed by atoms with E-state index in [2.05, 4.69) is 10.0 Å². The van der Waals surface area contributed by atoms with Crippen molar-refractivity contribution in [3.8, 4) is 11.5 Å². The molecule has 0 fully saturated rings. The highest BCUT2D eigenvalue weighted by Gasteiger charge is 2.11. The Morgan fingerprint density at radius 1 is 1.00 bits per heavy atom. The van der Waals surface area contributed by atoms with Gasteiger partial charge in [0, 0.05) is 23.5 Å². The van der Waals surface area contributed by atoms with Gasteiger partial charge in [0.2, 0.25) is 10.0 Å². The molecule has 0 spiro atoms. The van der Waals surface area contributed by atoms with Crippen molar-refractivity contribution in [2.75, 3.05) is 30.0 Å². The van der Waals surface area contributed by atoms with E-state index in [1.807, 2.05) is 0 Å². The van der Waals surface area contributed by atoms with Gasteiger partial charge < -0.3 is 14.8 Å². The minimum Gasteiger partial charge on any atom is -0.495 e. The van der Waals surface area contributed by atoms with Crippen LogP contribution < -0.4 is 19.5 Å². The second-order valence-corrected chi connectivity index (χ2v) is 7.31. The second-order valence-electron chi connectivity index (χ2n) is 4.89. The number of benzene rings is 2. The number of hydrogen-bond acceptors (Lipinski definition) is 5. The zero-order valence-electron chi connectivity index (χ0n) is 13.6. The summed E-state index contributed by atoms with van der Waals surface area (Å²) in [6, 6.07) is 10.3. The average Bonchev–Trinajstić information content (AvgIpc) is 2.57. The molecule has 6 nitrogen and oxygen atoms in total. The highest BCUT2D eigenvalue weighted by Crippen LogP contribution is 2.37. The summed E-state index contributed by atoms with van der Waals surface area (Å²) in [6.45, 7) is 1.58. The van der Waals surface area contributed by atoms with E-state index in [0.29, 0.717) is 27.9 Å². The monoisotopic (exact) mass is 370 g/mol. The van der Waals surface area contributed by atoms with Crippen LogP contribution in [0.3, 0.4) is 0 Å². The number of sulfonamides is 1. The number of halogens is 1. The second kappa shape index (κ2) is 7.63. The van der Waals surface area contributed by atoms with Crippen molar-refractivity contribution in [2.24, 2.45) is 0 Å². The van der Waals surface area contributed by atoms with Crippen LogP contribution in [0.15, 0.2) is 36.4 Å². The Morgan fingerprint density at radius 3 is 2.12 bits per heavy atom. The molecule has 0 radical (unpaired) electrons. The zero-order valence-corrected chi connectivity index (χ0v) is 15.2. The third kappa shape index (κ3) is 4.46. The zero-order chi connectivity index (χ0) is 17.7. The van der Waals surface area contributed by atoms with E-state index in [1.54, 1.807) is 50.4 Å². The van der Waals surface area contributed by atoms with Gasteiger partial charge in [-0.15, -0.1) is 0 Å². The molecule has 0 aromatic heterocycles. The van der Waals surface area contributed by atoms with E-state index in [4.69, 9.17) is 21.1 Å². The van der Waals surface area contributed by atoms with E-state index in [1.165, 1.54) is 7.11 Å². The van der Waals surface area contributed by atoms with Crippen molar-refractivity contribution in [1.29, 1.82) is 0 Å². The Hall–Kier alpha value is -2.12. The van der Waals surface area contributed by atoms with Gasteiger partial charge >= 0.3 is 0 Å².